The molecule has 0 aliphatic rings. The van der Waals surface area contributed by atoms with Crippen molar-refractivity contribution in [1.29, 1.82) is 0 Å². The predicted molar refractivity (Wildman–Crippen MR) is 81.6 cm³/mol. The summed E-state index contributed by atoms with van der Waals surface area (Å²) in [6.45, 7) is 3.26. The van der Waals surface area contributed by atoms with Crippen LogP contribution >= 0.6 is 0 Å². The third-order valence-electron chi connectivity index (χ3n) is 3.54. The highest BCUT2D eigenvalue weighted by molar-refractivity contribution is 5.09. The van der Waals surface area contributed by atoms with E-state index in [1.807, 2.05) is 30.9 Å². The lowest BCUT2D eigenvalue weighted by Gasteiger charge is -2.18. The Kier molecular flexibility index (Phi) is 5.74. The van der Waals surface area contributed by atoms with Gasteiger partial charge < -0.3 is 9.88 Å². The second-order valence-corrected chi connectivity index (χ2v) is 5.21. The van der Waals surface area contributed by atoms with Gasteiger partial charge in [-0.15, -0.1) is 0 Å². The Balaban J connectivity index is 1.91. The van der Waals surface area contributed by atoms with Gasteiger partial charge in [-0.25, -0.2) is 4.98 Å². The number of pyridine rings is 1. The van der Waals surface area contributed by atoms with E-state index >= 15 is 0 Å². The molecule has 0 aliphatic carbocycles. The van der Waals surface area contributed by atoms with Crippen molar-refractivity contribution in [2.75, 3.05) is 6.54 Å². The summed E-state index contributed by atoms with van der Waals surface area (Å²) < 4.78 is 2.10. The van der Waals surface area contributed by atoms with Gasteiger partial charge in [-0.1, -0.05) is 13.0 Å². The lowest BCUT2D eigenvalue weighted by molar-refractivity contribution is 0.464. The average molecular weight is 272 g/mol. The maximum atomic E-state index is 4.43. The predicted octanol–water partition coefficient (Wildman–Crippen LogP) is 2.36. The van der Waals surface area contributed by atoms with Crippen molar-refractivity contribution >= 4 is 0 Å². The molecule has 0 aliphatic heterocycles. The molecule has 0 bridgehead atoms. The van der Waals surface area contributed by atoms with E-state index in [4.69, 9.17) is 0 Å². The van der Waals surface area contributed by atoms with Gasteiger partial charge in [0.1, 0.15) is 5.82 Å². The normalized spacial score (nSPS) is 12.5. The van der Waals surface area contributed by atoms with Gasteiger partial charge in [0.25, 0.3) is 0 Å². The first-order valence-corrected chi connectivity index (χ1v) is 7.38. The molecule has 4 nitrogen and oxygen atoms in total. The summed E-state index contributed by atoms with van der Waals surface area (Å²) in [5.74, 6) is 1.14. The highest BCUT2D eigenvalue weighted by Gasteiger charge is 2.11. The first-order chi connectivity index (χ1) is 9.79. The first-order valence-electron chi connectivity index (χ1n) is 7.38. The van der Waals surface area contributed by atoms with Crippen LogP contribution in [0.5, 0.6) is 0 Å². The third-order valence-corrected chi connectivity index (χ3v) is 3.54. The maximum absolute atomic E-state index is 4.43. The molecule has 4 heteroatoms. The van der Waals surface area contributed by atoms with E-state index in [-0.39, 0.29) is 0 Å². The molecular formula is C16H24N4. The summed E-state index contributed by atoms with van der Waals surface area (Å²) in [7, 11) is 2.06. The van der Waals surface area contributed by atoms with Crippen LogP contribution in [0.4, 0.5) is 0 Å². The monoisotopic (exact) mass is 272 g/mol. The summed E-state index contributed by atoms with van der Waals surface area (Å²) >= 11 is 0. The minimum atomic E-state index is 0.469. The Hall–Kier alpha value is -1.68. The molecule has 0 spiro atoms. The molecular weight excluding hydrogens is 248 g/mol. The van der Waals surface area contributed by atoms with E-state index in [0.717, 1.165) is 38.1 Å². The largest absolute Gasteiger partial charge is 0.338 e. The summed E-state index contributed by atoms with van der Waals surface area (Å²) in [4.78, 5) is 8.61. The topological polar surface area (TPSA) is 42.7 Å². The van der Waals surface area contributed by atoms with Crippen molar-refractivity contribution in [3.05, 3.63) is 48.3 Å². The molecule has 2 aromatic rings. The van der Waals surface area contributed by atoms with Crippen molar-refractivity contribution in [2.24, 2.45) is 7.05 Å². The van der Waals surface area contributed by atoms with Gasteiger partial charge in [0.2, 0.25) is 0 Å². The van der Waals surface area contributed by atoms with Gasteiger partial charge in [-0.05, 0) is 37.4 Å². The van der Waals surface area contributed by atoms with E-state index in [9.17, 15) is 0 Å². The number of nitrogens with zero attached hydrogens (tertiary/aromatic N) is 3. The highest BCUT2D eigenvalue weighted by Crippen LogP contribution is 2.08. The summed E-state index contributed by atoms with van der Waals surface area (Å²) in [5.41, 5.74) is 1.30. The minimum absolute atomic E-state index is 0.469. The maximum Gasteiger partial charge on any atom is 0.109 e. The first kappa shape index (κ1) is 14.7. The summed E-state index contributed by atoms with van der Waals surface area (Å²) in [6.07, 6.45) is 12.0. The second-order valence-electron chi connectivity index (χ2n) is 5.21. The molecule has 20 heavy (non-hydrogen) atoms. The van der Waals surface area contributed by atoms with Crippen LogP contribution in [0.1, 0.15) is 31.2 Å². The van der Waals surface area contributed by atoms with Gasteiger partial charge in [0.15, 0.2) is 0 Å². The summed E-state index contributed by atoms with van der Waals surface area (Å²) in [6, 6.07) is 4.61. The van der Waals surface area contributed by atoms with Crippen LogP contribution in [0, 0.1) is 0 Å². The van der Waals surface area contributed by atoms with E-state index < -0.39 is 0 Å². The van der Waals surface area contributed by atoms with E-state index in [0.29, 0.717) is 6.04 Å². The molecule has 2 rings (SSSR count). The molecule has 0 fully saturated rings. The fourth-order valence-electron chi connectivity index (χ4n) is 2.33. The lowest BCUT2D eigenvalue weighted by atomic mass is 10.0. The van der Waals surface area contributed by atoms with Crippen molar-refractivity contribution in [2.45, 2.75) is 38.6 Å². The number of hydrogen-bond acceptors (Lipinski definition) is 3. The molecule has 1 unspecified atom stereocenters. The zero-order valence-corrected chi connectivity index (χ0v) is 12.4. The van der Waals surface area contributed by atoms with E-state index in [1.54, 1.807) is 0 Å². The Morgan fingerprint density at radius 1 is 1.35 bits per heavy atom. The molecule has 0 aromatic carbocycles. The quantitative estimate of drug-likeness (QED) is 0.802. The number of aromatic nitrogens is 3. The van der Waals surface area contributed by atoms with Crippen molar-refractivity contribution in [1.82, 2.24) is 19.9 Å². The van der Waals surface area contributed by atoms with Gasteiger partial charge in [0, 0.05) is 44.3 Å². The standard InChI is InChI=1S/C16H24N4/c1-3-8-18-15(12-16-19-10-11-20(16)2)7-6-14-5-4-9-17-13-14/h4-5,9-11,13,15,18H,3,6-8,12H2,1-2H3. The molecule has 1 atom stereocenters. The van der Waals surface area contributed by atoms with Crippen LogP contribution < -0.4 is 5.32 Å². The van der Waals surface area contributed by atoms with Crippen LogP contribution in [0.3, 0.4) is 0 Å². The molecule has 0 amide bonds. The third kappa shape index (κ3) is 4.46. The van der Waals surface area contributed by atoms with Crippen LogP contribution in [-0.2, 0) is 19.9 Å². The molecule has 0 radical (unpaired) electrons. The van der Waals surface area contributed by atoms with Crippen LogP contribution in [0.15, 0.2) is 36.9 Å². The van der Waals surface area contributed by atoms with Crippen LogP contribution in [0.25, 0.3) is 0 Å². The number of aryl methyl sites for hydroxylation is 2. The van der Waals surface area contributed by atoms with E-state index in [1.165, 1.54) is 5.56 Å². The van der Waals surface area contributed by atoms with Crippen molar-refractivity contribution in [3.8, 4) is 0 Å². The Morgan fingerprint density at radius 2 is 2.25 bits per heavy atom. The number of hydrogen-bond donors (Lipinski definition) is 1. The number of rotatable bonds is 8. The fourth-order valence-corrected chi connectivity index (χ4v) is 2.33. The molecule has 2 heterocycles. The summed E-state index contributed by atoms with van der Waals surface area (Å²) in [5, 5.41) is 3.63. The number of imidazole rings is 1. The number of nitrogens with one attached hydrogen (secondary N) is 1. The Labute approximate surface area is 121 Å². The molecule has 1 N–H and O–H groups in total. The minimum Gasteiger partial charge on any atom is -0.338 e. The average Bonchev–Trinajstić information content (AvgIpc) is 2.88. The van der Waals surface area contributed by atoms with E-state index in [2.05, 4.69) is 39.9 Å². The van der Waals surface area contributed by atoms with Gasteiger partial charge in [-0.3, -0.25) is 4.98 Å². The van der Waals surface area contributed by atoms with Crippen LogP contribution in [0.2, 0.25) is 0 Å². The highest BCUT2D eigenvalue weighted by atomic mass is 15.0. The molecule has 0 saturated carbocycles. The molecule has 2 aromatic heterocycles. The zero-order valence-electron chi connectivity index (χ0n) is 12.4. The lowest BCUT2D eigenvalue weighted by Crippen LogP contribution is -2.33. The van der Waals surface area contributed by atoms with Crippen molar-refractivity contribution in [3.63, 3.8) is 0 Å². The Morgan fingerprint density at radius 3 is 2.90 bits per heavy atom. The van der Waals surface area contributed by atoms with Gasteiger partial charge >= 0.3 is 0 Å². The molecule has 0 saturated heterocycles. The smallest absolute Gasteiger partial charge is 0.109 e. The van der Waals surface area contributed by atoms with Gasteiger partial charge in [-0.2, -0.15) is 0 Å². The van der Waals surface area contributed by atoms with Crippen molar-refractivity contribution < 1.29 is 0 Å². The second kappa shape index (κ2) is 7.80. The SMILES string of the molecule is CCCNC(CCc1cccnc1)Cc1nccn1C. The van der Waals surface area contributed by atoms with Gasteiger partial charge in [0.05, 0.1) is 0 Å². The fraction of sp³-hybridized carbons (Fsp3) is 0.500. The van der Waals surface area contributed by atoms with Crippen LogP contribution in [-0.4, -0.2) is 27.1 Å². The Bertz CT molecular complexity index is 492. The zero-order chi connectivity index (χ0) is 14.2. The molecule has 108 valence electrons.